The fourth-order valence-electron chi connectivity index (χ4n) is 2.26. The smallest absolute Gasteiger partial charge is 0.330 e. The van der Waals surface area contributed by atoms with Gasteiger partial charge in [0.1, 0.15) is 11.5 Å². The van der Waals surface area contributed by atoms with Crippen molar-refractivity contribution < 1.29 is 4.74 Å². The number of ether oxygens (including phenoxy) is 1. The Morgan fingerprint density at radius 3 is 2.95 bits per heavy atom. The van der Waals surface area contributed by atoms with Gasteiger partial charge in [-0.2, -0.15) is 0 Å². The SMILES string of the molecule is COCCn1c(N)c(NC2CC=CCC2)c(=O)[nH]c1=O. The van der Waals surface area contributed by atoms with Crippen LogP contribution in [-0.2, 0) is 11.3 Å². The summed E-state index contributed by atoms with van der Waals surface area (Å²) in [6.07, 6.45) is 6.94. The van der Waals surface area contributed by atoms with Gasteiger partial charge in [0.25, 0.3) is 5.56 Å². The minimum absolute atomic E-state index is 0.158. The van der Waals surface area contributed by atoms with E-state index in [0.717, 1.165) is 19.3 Å². The van der Waals surface area contributed by atoms with Crippen LogP contribution in [0, 0.1) is 0 Å². The van der Waals surface area contributed by atoms with E-state index in [1.54, 1.807) is 7.11 Å². The molecule has 7 heteroatoms. The van der Waals surface area contributed by atoms with Crippen molar-refractivity contribution in [1.82, 2.24) is 9.55 Å². The first-order chi connectivity index (χ1) is 9.63. The number of methoxy groups -OCH3 is 1. The van der Waals surface area contributed by atoms with Crippen LogP contribution >= 0.6 is 0 Å². The molecule has 0 radical (unpaired) electrons. The molecule has 1 aliphatic rings. The molecule has 1 aliphatic carbocycles. The molecule has 1 heterocycles. The third kappa shape index (κ3) is 3.11. The van der Waals surface area contributed by atoms with E-state index in [-0.39, 0.29) is 17.5 Å². The third-order valence-corrected chi connectivity index (χ3v) is 3.38. The number of allylic oxidation sites excluding steroid dienone is 1. The van der Waals surface area contributed by atoms with Gasteiger partial charge in [-0.15, -0.1) is 0 Å². The highest BCUT2D eigenvalue weighted by atomic mass is 16.5. The monoisotopic (exact) mass is 280 g/mol. The van der Waals surface area contributed by atoms with Crippen LogP contribution in [0.25, 0.3) is 0 Å². The molecule has 1 unspecified atom stereocenters. The molecule has 0 saturated heterocycles. The maximum atomic E-state index is 11.9. The van der Waals surface area contributed by atoms with E-state index in [2.05, 4.69) is 22.5 Å². The first kappa shape index (κ1) is 14.4. The summed E-state index contributed by atoms with van der Waals surface area (Å²) < 4.78 is 6.25. The molecule has 0 saturated carbocycles. The van der Waals surface area contributed by atoms with Crippen LogP contribution in [0.4, 0.5) is 11.5 Å². The normalized spacial score (nSPS) is 18.1. The Morgan fingerprint density at radius 2 is 2.30 bits per heavy atom. The maximum Gasteiger partial charge on any atom is 0.330 e. The standard InChI is InChI=1S/C13H20N4O3/c1-20-8-7-17-11(14)10(12(18)16-13(17)19)15-9-5-3-2-4-6-9/h2-3,9,15H,4-8,14H2,1H3,(H,16,18,19). The number of anilines is 2. The van der Waals surface area contributed by atoms with Crippen molar-refractivity contribution in [2.45, 2.75) is 31.8 Å². The van der Waals surface area contributed by atoms with Gasteiger partial charge in [0.2, 0.25) is 0 Å². The number of aromatic amines is 1. The summed E-state index contributed by atoms with van der Waals surface area (Å²) in [5.41, 5.74) is 5.22. The second kappa shape index (κ2) is 6.42. The van der Waals surface area contributed by atoms with Crippen LogP contribution in [0.1, 0.15) is 19.3 Å². The lowest BCUT2D eigenvalue weighted by Crippen LogP contribution is -2.36. The molecule has 0 aromatic carbocycles. The quantitative estimate of drug-likeness (QED) is 0.673. The second-order valence-corrected chi connectivity index (χ2v) is 4.79. The van der Waals surface area contributed by atoms with Crippen LogP contribution in [0.5, 0.6) is 0 Å². The Kier molecular flexibility index (Phi) is 4.62. The highest BCUT2D eigenvalue weighted by Crippen LogP contribution is 2.18. The second-order valence-electron chi connectivity index (χ2n) is 4.79. The largest absolute Gasteiger partial charge is 0.383 e. The molecule has 0 aliphatic heterocycles. The summed E-state index contributed by atoms with van der Waals surface area (Å²) >= 11 is 0. The Morgan fingerprint density at radius 1 is 1.50 bits per heavy atom. The molecule has 0 fully saturated rings. The van der Waals surface area contributed by atoms with E-state index in [0.29, 0.717) is 13.2 Å². The van der Waals surface area contributed by atoms with Crippen molar-refractivity contribution in [3.8, 4) is 0 Å². The van der Waals surface area contributed by atoms with E-state index in [1.807, 2.05) is 0 Å². The topological polar surface area (TPSA) is 102 Å². The zero-order chi connectivity index (χ0) is 14.5. The van der Waals surface area contributed by atoms with Gasteiger partial charge in [0, 0.05) is 13.2 Å². The lowest BCUT2D eigenvalue weighted by Gasteiger charge is -2.22. The summed E-state index contributed by atoms with van der Waals surface area (Å²) in [4.78, 5) is 25.9. The molecule has 2 rings (SSSR count). The lowest BCUT2D eigenvalue weighted by molar-refractivity contribution is 0.186. The number of nitrogens with two attached hydrogens (primary N) is 1. The maximum absolute atomic E-state index is 11.9. The van der Waals surface area contributed by atoms with Crippen LogP contribution in [0.3, 0.4) is 0 Å². The molecule has 1 aromatic heterocycles. The Balaban J connectivity index is 2.29. The number of aromatic nitrogens is 2. The van der Waals surface area contributed by atoms with Crippen molar-refractivity contribution in [1.29, 1.82) is 0 Å². The number of nitrogen functional groups attached to an aromatic ring is 1. The molecule has 1 atom stereocenters. The van der Waals surface area contributed by atoms with E-state index in [1.165, 1.54) is 4.57 Å². The van der Waals surface area contributed by atoms with Gasteiger partial charge in [-0.25, -0.2) is 4.79 Å². The predicted molar refractivity (Wildman–Crippen MR) is 78.0 cm³/mol. The number of H-pyrrole nitrogens is 1. The third-order valence-electron chi connectivity index (χ3n) is 3.38. The van der Waals surface area contributed by atoms with Gasteiger partial charge < -0.3 is 15.8 Å². The van der Waals surface area contributed by atoms with E-state index < -0.39 is 11.2 Å². The zero-order valence-electron chi connectivity index (χ0n) is 11.5. The van der Waals surface area contributed by atoms with Crippen molar-refractivity contribution in [3.05, 3.63) is 33.0 Å². The Labute approximate surface area is 116 Å². The first-order valence-corrected chi connectivity index (χ1v) is 6.66. The van der Waals surface area contributed by atoms with Gasteiger partial charge in [0.15, 0.2) is 0 Å². The van der Waals surface area contributed by atoms with Gasteiger partial charge in [-0.3, -0.25) is 14.3 Å². The van der Waals surface area contributed by atoms with Crippen molar-refractivity contribution in [3.63, 3.8) is 0 Å². The molecule has 0 amide bonds. The highest BCUT2D eigenvalue weighted by Gasteiger charge is 2.16. The van der Waals surface area contributed by atoms with Gasteiger partial charge in [-0.05, 0) is 19.3 Å². The van der Waals surface area contributed by atoms with Crippen molar-refractivity contribution in [2.24, 2.45) is 0 Å². The van der Waals surface area contributed by atoms with Crippen LogP contribution in [0.15, 0.2) is 21.7 Å². The summed E-state index contributed by atoms with van der Waals surface area (Å²) in [7, 11) is 1.54. The Bertz CT molecular complexity index is 603. The van der Waals surface area contributed by atoms with Crippen molar-refractivity contribution >= 4 is 11.5 Å². The summed E-state index contributed by atoms with van der Waals surface area (Å²) in [6, 6.07) is 0.164. The van der Waals surface area contributed by atoms with Gasteiger partial charge >= 0.3 is 5.69 Å². The zero-order valence-corrected chi connectivity index (χ0v) is 11.5. The Hall–Kier alpha value is -2.02. The van der Waals surface area contributed by atoms with Crippen LogP contribution < -0.4 is 22.3 Å². The number of hydrogen-bond donors (Lipinski definition) is 3. The minimum atomic E-state index is -0.515. The lowest BCUT2D eigenvalue weighted by atomic mass is 10.0. The van der Waals surface area contributed by atoms with Gasteiger partial charge in [0.05, 0.1) is 13.2 Å². The van der Waals surface area contributed by atoms with Crippen LogP contribution in [-0.4, -0.2) is 29.3 Å². The van der Waals surface area contributed by atoms with Gasteiger partial charge in [-0.1, -0.05) is 12.2 Å². The molecule has 1 aromatic rings. The number of nitrogens with one attached hydrogen (secondary N) is 2. The van der Waals surface area contributed by atoms with E-state index in [4.69, 9.17) is 10.5 Å². The van der Waals surface area contributed by atoms with Crippen molar-refractivity contribution in [2.75, 3.05) is 24.8 Å². The molecule has 0 spiro atoms. The molecule has 110 valence electrons. The predicted octanol–water partition coefficient (Wildman–Crippen LogP) is 0.286. The summed E-state index contributed by atoms with van der Waals surface area (Å²) in [6.45, 7) is 0.652. The fourth-order valence-corrected chi connectivity index (χ4v) is 2.26. The molecular weight excluding hydrogens is 260 g/mol. The highest BCUT2D eigenvalue weighted by molar-refractivity contribution is 5.61. The summed E-state index contributed by atoms with van der Waals surface area (Å²) in [5, 5.41) is 3.14. The molecule has 0 bridgehead atoms. The first-order valence-electron chi connectivity index (χ1n) is 6.66. The minimum Gasteiger partial charge on any atom is -0.383 e. The van der Waals surface area contributed by atoms with Crippen LogP contribution in [0.2, 0.25) is 0 Å². The fraction of sp³-hybridized carbons (Fsp3) is 0.538. The van der Waals surface area contributed by atoms with E-state index >= 15 is 0 Å². The number of hydrogen-bond acceptors (Lipinski definition) is 5. The molecule has 7 nitrogen and oxygen atoms in total. The average molecular weight is 280 g/mol. The summed E-state index contributed by atoms with van der Waals surface area (Å²) in [5.74, 6) is 0.158. The molecule has 20 heavy (non-hydrogen) atoms. The molecule has 4 N–H and O–H groups in total. The number of rotatable bonds is 5. The molecular formula is C13H20N4O3. The number of nitrogens with zero attached hydrogens (tertiary/aromatic N) is 1. The average Bonchev–Trinajstić information content (AvgIpc) is 2.44. The van der Waals surface area contributed by atoms with E-state index in [9.17, 15) is 9.59 Å².